The van der Waals surface area contributed by atoms with Crippen LogP contribution in [0.4, 0.5) is 17.2 Å². The summed E-state index contributed by atoms with van der Waals surface area (Å²) in [6.07, 6.45) is 0.877. The first-order valence-corrected chi connectivity index (χ1v) is 8.70. The minimum Gasteiger partial charge on any atom is -0.339 e. The highest BCUT2D eigenvalue weighted by molar-refractivity contribution is 6.06. The van der Waals surface area contributed by atoms with Crippen LogP contribution in [0.2, 0.25) is 0 Å². The monoisotopic (exact) mass is 344 g/mol. The zero-order chi connectivity index (χ0) is 18.1. The van der Waals surface area contributed by atoms with E-state index in [4.69, 9.17) is 0 Å². The molecule has 0 unspecified atom stereocenters. The van der Waals surface area contributed by atoms with Crippen LogP contribution in [0, 0.1) is 13.8 Å². The van der Waals surface area contributed by atoms with Gasteiger partial charge in [-0.15, -0.1) is 10.2 Å². The van der Waals surface area contributed by atoms with Crippen molar-refractivity contribution < 1.29 is 4.79 Å². The van der Waals surface area contributed by atoms with Gasteiger partial charge in [0.25, 0.3) is 5.91 Å². The van der Waals surface area contributed by atoms with Crippen molar-refractivity contribution in [1.29, 1.82) is 0 Å². The van der Waals surface area contributed by atoms with Crippen LogP contribution in [-0.4, -0.2) is 22.6 Å². The molecule has 0 aliphatic carbocycles. The summed E-state index contributed by atoms with van der Waals surface area (Å²) in [6.45, 7) is 4.82. The first kappa shape index (κ1) is 16.3. The van der Waals surface area contributed by atoms with Gasteiger partial charge in [0, 0.05) is 17.9 Å². The predicted octanol–water partition coefficient (Wildman–Crippen LogP) is 4.04. The van der Waals surface area contributed by atoms with Gasteiger partial charge in [-0.05, 0) is 61.2 Å². The second-order valence-corrected chi connectivity index (χ2v) is 6.51. The van der Waals surface area contributed by atoms with Crippen LogP contribution in [0.5, 0.6) is 0 Å². The number of para-hydroxylation sites is 1. The van der Waals surface area contributed by atoms with Crippen LogP contribution >= 0.6 is 0 Å². The largest absolute Gasteiger partial charge is 0.339 e. The summed E-state index contributed by atoms with van der Waals surface area (Å²) in [5.74, 6) is 0.512. The standard InChI is InChI=1S/C21H20N4O/c1-14-6-5-8-17(15(14)2)22-20-11-10-18(23-24-20)21(26)25-13-12-16-7-3-4-9-19(16)25/h3-11H,12-13H2,1-2H3,(H,22,24). The Morgan fingerprint density at radius 1 is 1.00 bits per heavy atom. The van der Waals surface area contributed by atoms with Crippen molar-refractivity contribution in [2.75, 3.05) is 16.8 Å². The van der Waals surface area contributed by atoms with Gasteiger partial charge in [0.2, 0.25) is 0 Å². The Morgan fingerprint density at radius 3 is 2.65 bits per heavy atom. The number of aryl methyl sites for hydroxylation is 1. The molecule has 1 N–H and O–H groups in total. The molecule has 0 fully saturated rings. The minimum atomic E-state index is -0.110. The molecule has 5 heteroatoms. The maximum Gasteiger partial charge on any atom is 0.278 e. The lowest BCUT2D eigenvalue weighted by molar-refractivity contribution is 0.0983. The predicted molar refractivity (Wildman–Crippen MR) is 103 cm³/mol. The number of hydrogen-bond donors (Lipinski definition) is 1. The molecule has 130 valence electrons. The van der Waals surface area contributed by atoms with E-state index in [0.29, 0.717) is 18.1 Å². The molecule has 0 radical (unpaired) electrons. The van der Waals surface area contributed by atoms with Gasteiger partial charge in [-0.25, -0.2) is 0 Å². The van der Waals surface area contributed by atoms with Crippen molar-refractivity contribution in [2.45, 2.75) is 20.3 Å². The summed E-state index contributed by atoms with van der Waals surface area (Å²) in [7, 11) is 0. The summed E-state index contributed by atoms with van der Waals surface area (Å²) in [5, 5.41) is 11.6. The molecule has 1 aliphatic rings. The molecule has 0 atom stereocenters. The maximum atomic E-state index is 12.8. The highest BCUT2D eigenvalue weighted by Gasteiger charge is 2.26. The summed E-state index contributed by atoms with van der Waals surface area (Å²) < 4.78 is 0. The summed E-state index contributed by atoms with van der Waals surface area (Å²) in [6, 6.07) is 17.6. The molecule has 0 bridgehead atoms. The molecule has 3 aromatic rings. The Morgan fingerprint density at radius 2 is 1.85 bits per heavy atom. The Balaban J connectivity index is 1.53. The molecule has 4 rings (SSSR count). The van der Waals surface area contributed by atoms with Crippen molar-refractivity contribution in [2.24, 2.45) is 0 Å². The van der Waals surface area contributed by atoms with E-state index in [1.807, 2.05) is 30.3 Å². The number of benzene rings is 2. The third-order valence-corrected chi connectivity index (χ3v) is 4.88. The topological polar surface area (TPSA) is 58.1 Å². The molecule has 1 amide bonds. The number of aromatic nitrogens is 2. The number of amides is 1. The number of carbonyl (C=O) groups is 1. The highest BCUT2D eigenvalue weighted by atomic mass is 16.2. The lowest BCUT2D eigenvalue weighted by Gasteiger charge is -2.16. The van der Waals surface area contributed by atoms with Crippen molar-refractivity contribution in [3.8, 4) is 0 Å². The van der Waals surface area contributed by atoms with Crippen molar-refractivity contribution >= 4 is 23.1 Å². The Hall–Kier alpha value is -3.21. The van der Waals surface area contributed by atoms with Crippen LogP contribution in [0.25, 0.3) is 0 Å². The van der Waals surface area contributed by atoms with Gasteiger partial charge in [0.15, 0.2) is 11.5 Å². The van der Waals surface area contributed by atoms with E-state index in [2.05, 4.69) is 41.5 Å². The zero-order valence-electron chi connectivity index (χ0n) is 14.9. The third-order valence-electron chi connectivity index (χ3n) is 4.88. The molecule has 0 saturated heterocycles. The van der Waals surface area contributed by atoms with Crippen LogP contribution < -0.4 is 10.2 Å². The van der Waals surface area contributed by atoms with Crippen LogP contribution in [0.3, 0.4) is 0 Å². The average molecular weight is 344 g/mol. The first-order valence-electron chi connectivity index (χ1n) is 8.70. The quantitative estimate of drug-likeness (QED) is 0.779. The van der Waals surface area contributed by atoms with E-state index in [1.54, 1.807) is 17.0 Å². The van der Waals surface area contributed by atoms with Crippen LogP contribution in [-0.2, 0) is 6.42 Å². The second kappa shape index (κ2) is 6.59. The van der Waals surface area contributed by atoms with E-state index in [9.17, 15) is 4.79 Å². The fraction of sp³-hybridized carbons (Fsp3) is 0.190. The molecule has 2 aromatic carbocycles. The molecule has 2 heterocycles. The van der Waals surface area contributed by atoms with E-state index in [0.717, 1.165) is 17.8 Å². The number of nitrogens with zero attached hydrogens (tertiary/aromatic N) is 3. The van der Waals surface area contributed by atoms with Gasteiger partial charge in [-0.3, -0.25) is 4.79 Å². The smallest absolute Gasteiger partial charge is 0.278 e. The van der Waals surface area contributed by atoms with E-state index in [-0.39, 0.29) is 5.91 Å². The van der Waals surface area contributed by atoms with Gasteiger partial charge in [-0.2, -0.15) is 0 Å². The fourth-order valence-corrected chi connectivity index (χ4v) is 3.22. The van der Waals surface area contributed by atoms with Gasteiger partial charge < -0.3 is 10.2 Å². The van der Waals surface area contributed by atoms with E-state index in [1.165, 1.54) is 16.7 Å². The van der Waals surface area contributed by atoms with Gasteiger partial charge in [0.05, 0.1) is 0 Å². The van der Waals surface area contributed by atoms with Crippen molar-refractivity contribution in [1.82, 2.24) is 10.2 Å². The molecule has 1 aliphatic heterocycles. The molecule has 0 saturated carbocycles. The number of nitrogens with one attached hydrogen (secondary N) is 1. The highest BCUT2D eigenvalue weighted by Crippen LogP contribution is 2.28. The minimum absolute atomic E-state index is 0.110. The number of rotatable bonds is 3. The number of anilines is 3. The number of hydrogen-bond acceptors (Lipinski definition) is 4. The van der Waals surface area contributed by atoms with Gasteiger partial charge in [0.1, 0.15) is 0 Å². The van der Waals surface area contributed by atoms with Crippen LogP contribution in [0.15, 0.2) is 54.6 Å². The van der Waals surface area contributed by atoms with Gasteiger partial charge >= 0.3 is 0 Å². The molecule has 1 aromatic heterocycles. The van der Waals surface area contributed by atoms with Crippen LogP contribution in [0.1, 0.15) is 27.2 Å². The third kappa shape index (κ3) is 2.92. The number of fused-ring (bicyclic) bond motifs is 1. The fourth-order valence-electron chi connectivity index (χ4n) is 3.22. The van der Waals surface area contributed by atoms with Crippen molar-refractivity contribution in [3.05, 3.63) is 77.0 Å². The Kier molecular flexibility index (Phi) is 4.13. The lowest BCUT2D eigenvalue weighted by Crippen LogP contribution is -2.29. The molecule has 5 nitrogen and oxygen atoms in total. The second-order valence-electron chi connectivity index (χ2n) is 6.51. The summed E-state index contributed by atoms with van der Waals surface area (Å²) in [5.41, 5.74) is 5.89. The van der Waals surface area contributed by atoms with E-state index >= 15 is 0 Å². The molecule has 0 spiro atoms. The summed E-state index contributed by atoms with van der Waals surface area (Å²) >= 11 is 0. The zero-order valence-corrected chi connectivity index (χ0v) is 14.9. The summed E-state index contributed by atoms with van der Waals surface area (Å²) in [4.78, 5) is 14.6. The Bertz CT molecular complexity index is 966. The molecular formula is C21H20N4O. The van der Waals surface area contributed by atoms with E-state index < -0.39 is 0 Å². The first-order chi connectivity index (χ1) is 12.6. The Labute approximate surface area is 152 Å². The normalized spacial score (nSPS) is 12.8. The average Bonchev–Trinajstić information content (AvgIpc) is 3.10. The lowest BCUT2D eigenvalue weighted by atomic mass is 10.1. The SMILES string of the molecule is Cc1cccc(Nc2ccc(C(=O)N3CCc4ccccc43)nn2)c1C. The molecule has 26 heavy (non-hydrogen) atoms. The number of carbonyl (C=O) groups excluding carboxylic acids is 1. The van der Waals surface area contributed by atoms with Crippen molar-refractivity contribution in [3.63, 3.8) is 0 Å². The molecular weight excluding hydrogens is 324 g/mol. The maximum absolute atomic E-state index is 12.8. The van der Waals surface area contributed by atoms with Gasteiger partial charge in [-0.1, -0.05) is 30.3 Å².